The van der Waals surface area contributed by atoms with E-state index >= 15 is 0 Å². The Morgan fingerprint density at radius 3 is 2.04 bits per heavy atom. The summed E-state index contributed by atoms with van der Waals surface area (Å²) < 4.78 is 0. The van der Waals surface area contributed by atoms with E-state index in [1.807, 2.05) is 0 Å². The molecule has 0 spiro atoms. The summed E-state index contributed by atoms with van der Waals surface area (Å²) in [5, 5.41) is 3.58. The molecule has 0 saturated carbocycles. The summed E-state index contributed by atoms with van der Waals surface area (Å²) in [6, 6.07) is 17.7. The van der Waals surface area contributed by atoms with Gasteiger partial charge in [-0.25, -0.2) is 0 Å². The lowest BCUT2D eigenvalue weighted by Gasteiger charge is -2.36. The van der Waals surface area contributed by atoms with E-state index in [1.54, 1.807) is 11.8 Å². The highest BCUT2D eigenvalue weighted by Crippen LogP contribution is 2.43. The van der Waals surface area contributed by atoms with E-state index in [2.05, 4.69) is 102 Å². The van der Waals surface area contributed by atoms with Gasteiger partial charge in [-0.1, -0.05) is 77.9 Å². The SMILES string of the molecule is CSc1ccccc1NCc1ccc(C(CC(C)(C)C)C(C)(C)C)cc1. The number of thioether (sulfide) groups is 1. The largest absolute Gasteiger partial charge is 0.380 e. The van der Waals surface area contributed by atoms with Gasteiger partial charge in [0.1, 0.15) is 0 Å². The average Bonchev–Trinajstić information content (AvgIpc) is 2.57. The summed E-state index contributed by atoms with van der Waals surface area (Å²) in [6.07, 6.45) is 3.33. The molecule has 0 aliphatic carbocycles. The lowest BCUT2D eigenvalue weighted by atomic mass is 9.69. The molecule has 0 bridgehead atoms. The number of benzene rings is 2. The Kier molecular flexibility index (Phi) is 6.85. The lowest BCUT2D eigenvalue weighted by molar-refractivity contribution is 0.229. The van der Waals surface area contributed by atoms with Crippen molar-refractivity contribution in [1.29, 1.82) is 0 Å². The first-order valence-electron chi connectivity index (χ1n) is 9.56. The quantitative estimate of drug-likeness (QED) is 0.526. The molecule has 0 fully saturated rings. The second-order valence-electron chi connectivity index (χ2n) is 9.48. The maximum atomic E-state index is 3.58. The predicted octanol–water partition coefficient (Wildman–Crippen LogP) is 7.59. The first-order chi connectivity index (χ1) is 12.1. The zero-order chi connectivity index (χ0) is 19.4. The molecule has 26 heavy (non-hydrogen) atoms. The normalized spacial score (nSPS) is 13.5. The molecule has 2 rings (SSSR count). The summed E-state index contributed by atoms with van der Waals surface area (Å²) in [5.74, 6) is 0.571. The van der Waals surface area contributed by atoms with Gasteiger partial charge in [-0.2, -0.15) is 0 Å². The predicted molar refractivity (Wildman–Crippen MR) is 118 cm³/mol. The van der Waals surface area contributed by atoms with Crippen molar-refractivity contribution in [3.8, 4) is 0 Å². The van der Waals surface area contributed by atoms with Gasteiger partial charge in [-0.3, -0.25) is 0 Å². The van der Waals surface area contributed by atoms with E-state index in [1.165, 1.54) is 28.1 Å². The zero-order valence-electron chi connectivity index (χ0n) is 17.5. The fraction of sp³-hybridized carbons (Fsp3) is 0.500. The maximum Gasteiger partial charge on any atom is 0.0480 e. The summed E-state index contributed by atoms with van der Waals surface area (Å²) in [5.41, 5.74) is 4.60. The van der Waals surface area contributed by atoms with Crippen molar-refractivity contribution < 1.29 is 0 Å². The van der Waals surface area contributed by atoms with Crippen LogP contribution in [0.3, 0.4) is 0 Å². The van der Waals surface area contributed by atoms with Gasteiger partial charge in [0.15, 0.2) is 0 Å². The number of hydrogen-bond acceptors (Lipinski definition) is 2. The van der Waals surface area contributed by atoms with Crippen LogP contribution in [0, 0.1) is 10.8 Å². The van der Waals surface area contributed by atoms with Gasteiger partial charge in [0.25, 0.3) is 0 Å². The van der Waals surface area contributed by atoms with Crippen LogP contribution < -0.4 is 5.32 Å². The van der Waals surface area contributed by atoms with Crippen LogP contribution >= 0.6 is 11.8 Å². The topological polar surface area (TPSA) is 12.0 Å². The van der Waals surface area contributed by atoms with Gasteiger partial charge in [0, 0.05) is 17.1 Å². The third kappa shape index (κ3) is 6.09. The Labute approximate surface area is 165 Å². The van der Waals surface area contributed by atoms with Crippen molar-refractivity contribution >= 4 is 17.4 Å². The molecule has 0 heterocycles. The molecular formula is C24H35NS. The second kappa shape index (κ2) is 8.52. The minimum absolute atomic E-state index is 0.268. The van der Waals surface area contributed by atoms with Crippen molar-refractivity contribution in [3.63, 3.8) is 0 Å². The third-order valence-corrected chi connectivity index (χ3v) is 5.63. The molecule has 0 amide bonds. The minimum atomic E-state index is 0.268. The van der Waals surface area contributed by atoms with Gasteiger partial charge >= 0.3 is 0 Å². The van der Waals surface area contributed by atoms with Crippen LogP contribution in [0.5, 0.6) is 0 Å². The second-order valence-corrected chi connectivity index (χ2v) is 10.3. The number of rotatable bonds is 6. The smallest absolute Gasteiger partial charge is 0.0480 e. The molecule has 0 aliphatic rings. The average molecular weight is 370 g/mol. The van der Waals surface area contributed by atoms with Gasteiger partial charge in [0.05, 0.1) is 0 Å². The van der Waals surface area contributed by atoms with E-state index in [0.29, 0.717) is 11.3 Å². The number of hydrogen-bond donors (Lipinski definition) is 1. The Hall–Kier alpha value is -1.41. The van der Waals surface area contributed by atoms with Crippen LogP contribution in [0.2, 0.25) is 0 Å². The van der Waals surface area contributed by atoms with E-state index in [9.17, 15) is 0 Å². The standard InChI is InChI=1S/C24H35NS/c1-23(2,3)16-20(24(4,5)6)19-14-12-18(13-15-19)17-25-21-10-8-9-11-22(21)26-7/h8-15,20,25H,16-17H2,1-7H3. The molecule has 1 N–H and O–H groups in total. The highest BCUT2D eigenvalue weighted by Gasteiger charge is 2.30. The molecule has 1 nitrogen and oxygen atoms in total. The molecule has 0 radical (unpaired) electrons. The zero-order valence-corrected chi connectivity index (χ0v) is 18.3. The van der Waals surface area contributed by atoms with E-state index in [-0.39, 0.29) is 5.41 Å². The van der Waals surface area contributed by atoms with Crippen molar-refractivity contribution in [2.24, 2.45) is 10.8 Å². The highest BCUT2D eigenvalue weighted by atomic mass is 32.2. The van der Waals surface area contributed by atoms with Gasteiger partial charge in [-0.15, -0.1) is 11.8 Å². The molecule has 142 valence electrons. The third-order valence-electron chi connectivity index (χ3n) is 4.83. The number of anilines is 1. The van der Waals surface area contributed by atoms with Crippen molar-refractivity contribution in [2.75, 3.05) is 11.6 Å². The number of nitrogens with one attached hydrogen (secondary N) is 1. The number of para-hydroxylation sites is 1. The van der Waals surface area contributed by atoms with Gasteiger partial charge in [0.2, 0.25) is 0 Å². The van der Waals surface area contributed by atoms with E-state index in [0.717, 1.165) is 6.54 Å². The molecule has 2 aromatic rings. The maximum absolute atomic E-state index is 3.58. The molecule has 2 heteroatoms. The summed E-state index contributed by atoms with van der Waals surface area (Å²) in [7, 11) is 0. The Balaban J connectivity index is 2.11. The van der Waals surface area contributed by atoms with Crippen LogP contribution in [-0.2, 0) is 6.54 Å². The Morgan fingerprint density at radius 1 is 0.885 bits per heavy atom. The van der Waals surface area contributed by atoms with Crippen molar-refractivity contribution in [3.05, 3.63) is 59.7 Å². The van der Waals surface area contributed by atoms with E-state index in [4.69, 9.17) is 0 Å². The fourth-order valence-electron chi connectivity index (χ4n) is 3.39. The van der Waals surface area contributed by atoms with Crippen LogP contribution in [0.15, 0.2) is 53.4 Å². The molecule has 0 aromatic heterocycles. The Morgan fingerprint density at radius 2 is 1.50 bits per heavy atom. The van der Waals surface area contributed by atoms with Crippen molar-refractivity contribution in [1.82, 2.24) is 0 Å². The van der Waals surface area contributed by atoms with Gasteiger partial charge in [-0.05, 0) is 52.7 Å². The fourth-order valence-corrected chi connectivity index (χ4v) is 3.97. The molecular weight excluding hydrogens is 334 g/mol. The first kappa shape index (κ1) is 20.9. The van der Waals surface area contributed by atoms with Crippen LogP contribution in [-0.4, -0.2) is 6.26 Å². The molecule has 1 atom stereocenters. The van der Waals surface area contributed by atoms with Crippen LogP contribution in [0.1, 0.15) is 65.0 Å². The summed E-state index contributed by atoms with van der Waals surface area (Å²) >= 11 is 1.78. The van der Waals surface area contributed by atoms with Crippen molar-refractivity contribution in [2.45, 2.75) is 65.3 Å². The van der Waals surface area contributed by atoms with Crippen LogP contribution in [0.25, 0.3) is 0 Å². The molecule has 0 saturated heterocycles. The Bertz CT molecular complexity index is 689. The summed E-state index contributed by atoms with van der Waals surface area (Å²) in [4.78, 5) is 1.29. The van der Waals surface area contributed by atoms with Gasteiger partial charge < -0.3 is 5.32 Å². The summed E-state index contributed by atoms with van der Waals surface area (Å²) in [6.45, 7) is 15.0. The van der Waals surface area contributed by atoms with E-state index < -0.39 is 0 Å². The molecule has 1 unspecified atom stereocenters. The molecule has 0 aliphatic heterocycles. The monoisotopic (exact) mass is 369 g/mol. The highest BCUT2D eigenvalue weighted by molar-refractivity contribution is 7.98. The minimum Gasteiger partial charge on any atom is -0.380 e. The lowest BCUT2D eigenvalue weighted by Crippen LogP contribution is -2.23. The first-order valence-corrected chi connectivity index (χ1v) is 10.8. The molecule has 2 aromatic carbocycles. The van der Waals surface area contributed by atoms with Crippen LogP contribution in [0.4, 0.5) is 5.69 Å².